The zero-order valence-electron chi connectivity index (χ0n) is 19.5. The minimum atomic E-state index is -4.66. The van der Waals surface area contributed by atoms with Crippen molar-refractivity contribution in [3.8, 4) is 11.5 Å². The third kappa shape index (κ3) is 6.32. The lowest BCUT2D eigenvalue weighted by Crippen LogP contribution is -2.13. The number of rotatable bonds is 9. The van der Waals surface area contributed by atoms with Crippen molar-refractivity contribution in [1.29, 1.82) is 0 Å². The molecular weight excluding hydrogens is 496 g/mol. The number of alkyl halides is 3. The Balaban J connectivity index is 1.36. The highest BCUT2D eigenvalue weighted by atomic mass is 32.2. The summed E-state index contributed by atoms with van der Waals surface area (Å²) in [5.41, 5.74) is 2.23. The van der Waals surface area contributed by atoms with E-state index < -0.39 is 23.5 Å². The van der Waals surface area contributed by atoms with Crippen molar-refractivity contribution in [2.24, 2.45) is 0 Å². The zero-order chi connectivity index (χ0) is 25.7. The van der Waals surface area contributed by atoms with Crippen LogP contribution in [0.3, 0.4) is 0 Å². The highest BCUT2D eigenvalue weighted by molar-refractivity contribution is 7.98. The average molecular weight is 521 g/mol. The second-order valence-corrected chi connectivity index (χ2v) is 9.28. The number of halogens is 4. The van der Waals surface area contributed by atoms with Crippen molar-refractivity contribution in [3.63, 3.8) is 0 Å². The Morgan fingerprint density at radius 3 is 2.44 bits per heavy atom. The fraction of sp³-hybridized carbons (Fsp3) is 0.296. The lowest BCUT2D eigenvalue weighted by Gasteiger charge is -2.14. The number of hydrogen-bond acceptors (Lipinski definition) is 5. The summed E-state index contributed by atoms with van der Waals surface area (Å²) in [6.07, 6.45) is -1.79. The molecular formula is C27H24F4O4S. The largest absolute Gasteiger partial charge is 0.489 e. The molecule has 0 aromatic heterocycles. The SMILES string of the molecule is COC(=O)COc1ccc(SCc2ccc(OCc3ccc(F)cc3C(F)(F)F)cc2)c2c1CCC2. The minimum Gasteiger partial charge on any atom is -0.489 e. The molecule has 0 fully saturated rings. The quantitative estimate of drug-likeness (QED) is 0.177. The number of esters is 1. The van der Waals surface area contributed by atoms with Crippen LogP contribution in [0.1, 0.15) is 34.2 Å². The van der Waals surface area contributed by atoms with Gasteiger partial charge in [0.15, 0.2) is 6.61 Å². The predicted molar refractivity (Wildman–Crippen MR) is 128 cm³/mol. The highest BCUT2D eigenvalue weighted by Gasteiger charge is 2.33. The lowest BCUT2D eigenvalue weighted by molar-refractivity contribution is -0.143. The maximum Gasteiger partial charge on any atom is 0.416 e. The van der Waals surface area contributed by atoms with Gasteiger partial charge in [0, 0.05) is 16.2 Å². The molecule has 0 aliphatic heterocycles. The monoisotopic (exact) mass is 520 g/mol. The second kappa shape index (κ2) is 11.2. The van der Waals surface area contributed by atoms with E-state index in [1.807, 2.05) is 24.3 Å². The van der Waals surface area contributed by atoms with Gasteiger partial charge in [-0.1, -0.05) is 18.2 Å². The number of ether oxygens (including phenoxy) is 3. The summed E-state index contributed by atoms with van der Waals surface area (Å²) < 4.78 is 68.6. The summed E-state index contributed by atoms with van der Waals surface area (Å²) in [7, 11) is 1.32. The van der Waals surface area contributed by atoms with Gasteiger partial charge in [-0.2, -0.15) is 13.2 Å². The van der Waals surface area contributed by atoms with Gasteiger partial charge in [-0.15, -0.1) is 11.8 Å². The van der Waals surface area contributed by atoms with E-state index in [4.69, 9.17) is 9.47 Å². The van der Waals surface area contributed by atoms with Crippen molar-refractivity contribution in [2.75, 3.05) is 13.7 Å². The van der Waals surface area contributed by atoms with Gasteiger partial charge in [0.1, 0.15) is 23.9 Å². The van der Waals surface area contributed by atoms with Crippen molar-refractivity contribution >= 4 is 17.7 Å². The summed E-state index contributed by atoms with van der Waals surface area (Å²) in [6.45, 7) is -0.442. The van der Waals surface area contributed by atoms with Crippen molar-refractivity contribution < 1.29 is 36.6 Å². The Labute approximate surface area is 210 Å². The molecule has 3 aromatic carbocycles. The van der Waals surface area contributed by atoms with E-state index in [-0.39, 0.29) is 18.8 Å². The molecule has 0 unspecified atom stereocenters. The van der Waals surface area contributed by atoms with Crippen LogP contribution in [0, 0.1) is 5.82 Å². The van der Waals surface area contributed by atoms with E-state index in [9.17, 15) is 22.4 Å². The molecule has 0 radical (unpaired) electrons. The molecule has 0 bridgehead atoms. The van der Waals surface area contributed by atoms with Gasteiger partial charge < -0.3 is 14.2 Å². The van der Waals surface area contributed by atoms with Crippen LogP contribution < -0.4 is 9.47 Å². The van der Waals surface area contributed by atoms with Crippen LogP contribution >= 0.6 is 11.8 Å². The Morgan fingerprint density at radius 2 is 1.72 bits per heavy atom. The molecule has 4 nitrogen and oxygen atoms in total. The van der Waals surface area contributed by atoms with Crippen LogP contribution in [0.5, 0.6) is 11.5 Å². The van der Waals surface area contributed by atoms with Gasteiger partial charge in [0.25, 0.3) is 0 Å². The van der Waals surface area contributed by atoms with Crippen molar-refractivity contribution in [2.45, 2.75) is 42.7 Å². The standard InChI is InChI=1S/C27H24F4O4S/c1-33-26(32)15-35-24-11-12-25(22-4-2-3-21(22)24)36-16-17-5-9-20(10-6-17)34-14-18-7-8-19(28)13-23(18)27(29,30)31/h5-13H,2-4,14-16H2,1H3. The molecule has 0 saturated heterocycles. The molecule has 3 aromatic rings. The first-order chi connectivity index (χ1) is 17.2. The Kier molecular flexibility index (Phi) is 8.08. The predicted octanol–water partition coefficient (Wildman–Crippen LogP) is 6.76. The number of thioether (sulfide) groups is 1. The van der Waals surface area contributed by atoms with Crippen molar-refractivity contribution in [3.05, 3.63) is 88.2 Å². The summed E-state index contributed by atoms with van der Waals surface area (Å²) in [4.78, 5) is 12.6. The van der Waals surface area contributed by atoms with Crippen LogP contribution in [-0.2, 0) is 40.9 Å². The molecule has 0 atom stereocenters. The molecule has 0 amide bonds. The topological polar surface area (TPSA) is 44.8 Å². The van der Waals surface area contributed by atoms with Gasteiger partial charge >= 0.3 is 12.1 Å². The number of methoxy groups -OCH3 is 1. The first kappa shape index (κ1) is 25.9. The number of hydrogen-bond donors (Lipinski definition) is 0. The smallest absolute Gasteiger partial charge is 0.416 e. The van der Waals surface area contributed by atoms with Gasteiger partial charge in [-0.3, -0.25) is 0 Å². The molecule has 0 heterocycles. The van der Waals surface area contributed by atoms with Gasteiger partial charge in [-0.05, 0) is 72.4 Å². The maximum absolute atomic E-state index is 13.3. The maximum atomic E-state index is 13.3. The Morgan fingerprint density at radius 1 is 0.972 bits per heavy atom. The molecule has 1 aliphatic rings. The fourth-order valence-electron chi connectivity index (χ4n) is 4.05. The summed E-state index contributed by atoms with van der Waals surface area (Å²) in [5, 5.41) is 0. The van der Waals surface area contributed by atoms with E-state index in [2.05, 4.69) is 4.74 Å². The molecule has 0 spiro atoms. The Bertz CT molecular complexity index is 1230. The number of carbonyl (C=O) groups is 1. The van der Waals surface area contributed by atoms with Gasteiger partial charge in [0.2, 0.25) is 0 Å². The third-order valence-electron chi connectivity index (χ3n) is 5.86. The van der Waals surface area contributed by atoms with E-state index in [1.165, 1.54) is 12.7 Å². The zero-order valence-corrected chi connectivity index (χ0v) is 20.3. The molecule has 0 N–H and O–H groups in total. The minimum absolute atomic E-state index is 0.122. The van der Waals surface area contributed by atoms with Crippen LogP contribution in [0.25, 0.3) is 0 Å². The van der Waals surface area contributed by atoms with Crippen LogP contribution in [0.4, 0.5) is 17.6 Å². The molecule has 1 aliphatic carbocycles. The molecule has 4 rings (SSSR count). The van der Waals surface area contributed by atoms with Gasteiger partial charge in [0.05, 0.1) is 12.7 Å². The number of carbonyl (C=O) groups excluding carboxylic acids is 1. The van der Waals surface area contributed by atoms with Crippen LogP contribution in [-0.4, -0.2) is 19.7 Å². The summed E-state index contributed by atoms with van der Waals surface area (Å²) in [5.74, 6) is 0.474. The van der Waals surface area contributed by atoms with E-state index in [0.29, 0.717) is 23.3 Å². The summed E-state index contributed by atoms with van der Waals surface area (Å²) in [6, 6.07) is 13.6. The van der Waals surface area contributed by atoms with E-state index in [0.717, 1.165) is 47.4 Å². The third-order valence-corrected chi connectivity index (χ3v) is 7.03. The fourth-order valence-corrected chi connectivity index (χ4v) is 5.13. The highest BCUT2D eigenvalue weighted by Crippen LogP contribution is 2.39. The first-order valence-electron chi connectivity index (χ1n) is 11.3. The molecule has 36 heavy (non-hydrogen) atoms. The lowest BCUT2D eigenvalue weighted by atomic mass is 10.1. The van der Waals surface area contributed by atoms with Crippen LogP contribution in [0.15, 0.2) is 59.5 Å². The average Bonchev–Trinajstić information content (AvgIpc) is 3.36. The number of benzene rings is 3. The molecule has 0 saturated carbocycles. The van der Waals surface area contributed by atoms with Crippen LogP contribution in [0.2, 0.25) is 0 Å². The van der Waals surface area contributed by atoms with Crippen molar-refractivity contribution in [1.82, 2.24) is 0 Å². The number of fused-ring (bicyclic) bond motifs is 1. The molecule has 190 valence electrons. The van der Waals surface area contributed by atoms with E-state index in [1.54, 1.807) is 23.9 Å². The van der Waals surface area contributed by atoms with E-state index >= 15 is 0 Å². The molecule has 9 heteroatoms. The first-order valence-corrected chi connectivity index (χ1v) is 12.3. The normalized spacial score (nSPS) is 12.8. The Hall–Kier alpha value is -3.20. The summed E-state index contributed by atoms with van der Waals surface area (Å²) >= 11 is 1.69. The van der Waals surface area contributed by atoms with Gasteiger partial charge in [-0.25, -0.2) is 9.18 Å². The second-order valence-electron chi connectivity index (χ2n) is 8.26.